The van der Waals surface area contributed by atoms with Crippen molar-refractivity contribution in [1.29, 1.82) is 0 Å². The van der Waals surface area contributed by atoms with E-state index < -0.39 is 0 Å². The van der Waals surface area contributed by atoms with E-state index in [1.807, 2.05) is 0 Å². The molecule has 0 radical (unpaired) electrons. The molecule has 84 valence electrons. The number of nitrogens with zero attached hydrogens (tertiary/aromatic N) is 1. The van der Waals surface area contributed by atoms with E-state index in [1.165, 1.54) is 25.9 Å². The Hall–Kier alpha value is 0.170. The molecule has 0 saturated carbocycles. The zero-order valence-electron chi connectivity index (χ0n) is 8.71. The first-order valence-corrected chi connectivity index (χ1v) is 5.38. The Bertz CT molecular complexity index is 166. The van der Waals surface area contributed by atoms with E-state index in [0.29, 0.717) is 0 Å². The number of rotatable bonds is 2. The third-order valence-electron chi connectivity index (χ3n) is 3.23. The standard InChI is InChI=1S/C10H20N2O.ClH/c11-10(3-7-13-8-4-10)9-12-5-1-2-6-12;/h1-9,11H2;1H. The van der Waals surface area contributed by atoms with E-state index in [-0.39, 0.29) is 17.9 Å². The van der Waals surface area contributed by atoms with Crippen molar-refractivity contribution in [1.82, 2.24) is 4.90 Å². The van der Waals surface area contributed by atoms with Crippen molar-refractivity contribution in [2.24, 2.45) is 5.73 Å². The summed E-state index contributed by atoms with van der Waals surface area (Å²) in [4.78, 5) is 2.51. The van der Waals surface area contributed by atoms with Crippen molar-refractivity contribution >= 4 is 12.4 Å². The van der Waals surface area contributed by atoms with Crippen LogP contribution in [0.2, 0.25) is 0 Å². The van der Waals surface area contributed by atoms with Crippen LogP contribution < -0.4 is 5.73 Å². The summed E-state index contributed by atoms with van der Waals surface area (Å²) in [5.74, 6) is 0. The number of nitrogens with two attached hydrogens (primary N) is 1. The summed E-state index contributed by atoms with van der Waals surface area (Å²) in [5.41, 5.74) is 6.36. The monoisotopic (exact) mass is 220 g/mol. The van der Waals surface area contributed by atoms with Crippen LogP contribution in [0.15, 0.2) is 0 Å². The fourth-order valence-electron chi connectivity index (χ4n) is 2.32. The second kappa shape index (κ2) is 5.31. The van der Waals surface area contributed by atoms with Crippen LogP contribution in [0.1, 0.15) is 25.7 Å². The lowest BCUT2D eigenvalue weighted by molar-refractivity contribution is 0.0408. The van der Waals surface area contributed by atoms with E-state index in [9.17, 15) is 0 Å². The molecule has 2 heterocycles. The molecule has 2 aliphatic rings. The van der Waals surface area contributed by atoms with Gasteiger partial charge in [0.25, 0.3) is 0 Å². The summed E-state index contributed by atoms with van der Waals surface area (Å²) >= 11 is 0. The normalized spacial score (nSPS) is 27.2. The summed E-state index contributed by atoms with van der Waals surface area (Å²) < 4.78 is 5.33. The average Bonchev–Trinajstić information content (AvgIpc) is 2.57. The van der Waals surface area contributed by atoms with Crippen LogP contribution in [0.25, 0.3) is 0 Å². The van der Waals surface area contributed by atoms with Gasteiger partial charge in [-0.25, -0.2) is 0 Å². The molecule has 0 atom stereocenters. The molecule has 14 heavy (non-hydrogen) atoms. The summed E-state index contributed by atoms with van der Waals surface area (Å²) in [5, 5.41) is 0. The molecule has 0 aromatic carbocycles. The Balaban J connectivity index is 0.000000980. The van der Waals surface area contributed by atoms with Gasteiger partial charge in [0.1, 0.15) is 0 Å². The molecule has 0 bridgehead atoms. The molecule has 2 aliphatic heterocycles. The third kappa shape index (κ3) is 3.09. The van der Waals surface area contributed by atoms with Crippen LogP contribution in [0, 0.1) is 0 Å². The molecule has 0 amide bonds. The molecule has 3 nitrogen and oxygen atoms in total. The third-order valence-corrected chi connectivity index (χ3v) is 3.23. The van der Waals surface area contributed by atoms with Crippen molar-refractivity contribution in [3.05, 3.63) is 0 Å². The lowest BCUT2D eigenvalue weighted by atomic mass is 9.91. The molecule has 0 aromatic heterocycles. The van der Waals surface area contributed by atoms with E-state index in [4.69, 9.17) is 10.5 Å². The Morgan fingerprint density at radius 1 is 1.14 bits per heavy atom. The maximum atomic E-state index is 6.32. The van der Waals surface area contributed by atoms with Gasteiger partial charge in [0.2, 0.25) is 0 Å². The zero-order valence-corrected chi connectivity index (χ0v) is 9.52. The topological polar surface area (TPSA) is 38.5 Å². The molecule has 0 unspecified atom stereocenters. The predicted molar refractivity (Wildman–Crippen MR) is 59.9 cm³/mol. The van der Waals surface area contributed by atoms with Gasteiger partial charge in [0, 0.05) is 25.3 Å². The lowest BCUT2D eigenvalue weighted by Crippen LogP contribution is -2.52. The molecular formula is C10H21ClN2O. The molecule has 0 aromatic rings. The highest BCUT2D eigenvalue weighted by molar-refractivity contribution is 5.85. The number of halogens is 1. The first-order chi connectivity index (χ1) is 6.29. The zero-order chi connectivity index (χ0) is 9.15. The Kier molecular flexibility index (Phi) is 4.64. The molecule has 2 saturated heterocycles. The summed E-state index contributed by atoms with van der Waals surface area (Å²) in [6, 6.07) is 0. The minimum Gasteiger partial charge on any atom is -0.381 e. The summed E-state index contributed by atoms with van der Waals surface area (Å²) in [6.45, 7) is 5.28. The van der Waals surface area contributed by atoms with E-state index >= 15 is 0 Å². The quantitative estimate of drug-likeness (QED) is 0.755. The van der Waals surface area contributed by atoms with Gasteiger partial charge in [0.15, 0.2) is 0 Å². The van der Waals surface area contributed by atoms with Gasteiger partial charge >= 0.3 is 0 Å². The van der Waals surface area contributed by atoms with Gasteiger partial charge in [-0.1, -0.05) is 0 Å². The molecule has 0 aliphatic carbocycles. The van der Waals surface area contributed by atoms with Crippen molar-refractivity contribution in [2.45, 2.75) is 31.2 Å². The van der Waals surface area contributed by atoms with Crippen LogP contribution >= 0.6 is 12.4 Å². The van der Waals surface area contributed by atoms with Gasteiger partial charge in [-0.2, -0.15) is 0 Å². The van der Waals surface area contributed by atoms with Gasteiger partial charge in [-0.3, -0.25) is 0 Å². The van der Waals surface area contributed by atoms with Crippen molar-refractivity contribution in [3.8, 4) is 0 Å². The minimum atomic E-state index is 0. The molecule has 4 heteroatoms. The second-order valence-corrected chi connectivity index (χ2v) is 4.46. The number of hydrogen-bond donors (Lipinski definition) is 1. The molecule has 0 spiro atoms. The number of hydrogen-bond acceptors (Lipinski definition) is 3. The molecule has 2 N–H and O–H groups in total. The molecular weight excluding hydrogens is 200 g/mol. The van der Waals surface area contributed by atoms with Crippen molar-refractivity contribution < 1.29 is 4.74 Å². The summed E-state index contributed by atoms with van der Waals surface area (Å²) in [7, 11) is 0. The van der Waals surface area contributed by atoms with Gasteiger partial charge in [-0.15, -0.1) is 12.4 Å². The van der Waals surface area contributed by atoms with Crippen molar-refractivity contribution in [3.63, 3.8) is 0 Å². The first kappa shape index (κ1) is 12.2. The highest BCUT2D eigenvalue weighted by Gasteiger charge is 2.30. The van der Waals surface area contributed by atoms with Gasteiger partial charge in [0.05, 0.1) is 0 Å². The fraction of sp³-hybridized carbons (Fsp3) is 1.00. The molecule has 2 fully saturated rings. The fourth-order valence-corrected chi connectivity index (χ4v) is 2.32. The maximum Gasteiger partial charge on any atom is 0.0484 e. The van der Waals surface area contributed by atoms with Crippen LogP contribution in [-0.4, -0.2) is 43.3 Å². The van der Waals surface area contributed by atoms with Crippen LogP contribution in [-0.2, 0) is 4.74 Å². The smallest absolute Gasteiger partial charge is 0.0484 e. The second-order valence-electron chi connectivity index (χ2n) is 4.46. The van der Waals surface area contributed by atoms with Crippen LogP contribution in [0.3, 0.4) is 0 Å². The minimum absolute atomic E-state index is 0. The lowest BCUT2D eigenvalue weighted by Gasteiger charge is -2.36. The largest absolute Gasteiger partial charge is 0.381 e. The van der Waals surface area contributed by atoms with Crippen LogP contribution in [0.4, 0.5) is 0 Å². The van der Waals surface area contributed by atoms with E-state index in [0.717, 1.165) is 32.6 Å². The Morgan fingerprint density at radius 3 is 2.29 bits per heavy atom. The average molecular weight is 221 g/mol. The predicted octanol–water partition coefficient (Wildman–Crippen LogP) is 1.01. The Labute approximate surface area is 92.4 Å². The highest BCUT2D eigenvalue weighted by Crippen LogP contribution is 2.21. The maximum absolute atomic E-state index is 6.32. The SMILES string of the molecule is Cl.NC1(CN2CCCC2)CCOCC1. The highest BCUT2D eigenvalue weighted by atomic mass is 35.5. The first-order valence-electron chi connectivity index (χ1n) is 5.38. The van der Waals surface area contributed by atoms with Gasteiger partial charge in [-0.05, 0) is 38.8 Å². The van der Waals surface area contributed by atoms with E-state index in [1.54, 1.807) is 0 Å². The molecule has 2 rings (SSSR count). The van der Waals surface area contributed by atoms with Crippen molar-refractivity contribution in [2.75, 3.05) is 32.8 Å². The Morgan fingerprint density at radius 2 is 1.71 bits per heavy atom. The number of ether oxygens (including phenoxy) is 1. The number of likely N-dealkylation sites (tertiary alicyclic amines) is 1. The summed E-state index contributed by atoms with van der Waals surface area (Å²) in [6.07, 6.45) is 4.77. The van der Waals surface area contributed by atoms with Gasteiger partial charge < -0.3 is 15.4 Å². The van der Waals surface area contributed by atoms with E-state index in [2.05, 4.69) is 4.90 Å². The van der Waals surface area contributed by atoms with Crippen LogP contribution in [0.5, 0.6) is 0 Å².